The first-order chi connectivity index (χ1) is 17.4. The maximum Gasteiger partial charge on any atom is 0.253 e. The van der Waals surface area contributed by atoms with E-state index in [0.717, 1.165) is 29.4 Å². The number of aromatic nitrogens is 1. The molecule has 0 aliphatic rings. The Hall–Kier alpha value is -3.61. The molecule has 6 nitrogen and oxygen atoms in total. The van der Waals surface area contributed by atoms with E-state index in [2.05, 4.69) is 9.88 Å². The Morgan fingerprint density at radius 3 is 2.44 bits per heavy atom. The third-order valence-corrected chi connectivity index (χ3v) is 6.30. The predicted octanol–water partition coefficient (Wildman–Crippen LogP) is 6.11. The van der Waals surface area contributed by atoms with E-state index >= 15 is 0 Å². The molecule has 0 spiro atoms. The minimum Gasteiger partial charge on any atom is -0.494 e. The van der Waals surface area contributed by atoms with E-state index < -0.39 is 0 Å². The number of carbonyl (C=O) groups excluding carboxylic acids is 1. The molecule has 7 heteroatoms. The Morgan fingerprint density at radius 1 is 0.972 bits per heavy atom. The highest BCUT2D eigenvalue weighted by molar-refractivity contribution is 6.31. The second-order valence-corrected chi connectivity index (χ2v) is 9.39. The molecule has 4 aromatic rings. The van der Waals surface area contributed by atoms with Crippen LogP contribution in [0.15, 0.2) is 77.8 Å². The van der Waals surface area contributed by atoms with Gasteiger partial charge in [0.05, 0.1) is 22.5 Å². The lowest BCUT2D eigenvalue weighted by molar-refractivity contribution is 0.0759. The monoisotopic (exact) mass is 502 g/mol. The molecule has 0 unspecified atom stereocenters. The molecule has 0 aliphatic carbocycles. The van der Waals surface area contributed by atoms with Crippen molar-refractivity contribution in [2.75, 3.05) is 33.7 Å². The zero-order valence-electron chi connectivity index (χ0n) is 20.8. The average Bonchev–Trinajstić information content (AvgIpc) is 3.19. The van der Waals surface area contributed by atoms with Crippen LogP contribution >= 0.6 is 11.6 Å². The zero-order valence-corrected chi connectivity index (χ0v) is 21.6. The van der Waals surface area contributed by atoms with Crippen molar-refractivity contribution in [2.45, 2.75) is 13.3 Å². The number of carbonyl (C=O) groups is 1. The van der Waals surface area contributed by atoms with Crippen molar-refractivity contribution in [2.24, 2.45) is 4.99 Å². The van der Waals surface area contributed by atoms with Gasteiger partial charge in [-0.05, 0) is 64.3 Å². The molecule has 186 valence electrons. The minimum atomic E-state index is -0.0147. The summed E-state index contributed by atoms with van der Waals surface area (Å²) in [4.78, 5) is 25.2. The summed E-state index contributed by atoms with van der Waals surface area (Å²) in [7, 11) is 4.06. The summed E-state index contributed by atoms with van der Waals surface area (Å²) in [5.74, 6) is -0.000647. The van der Waals surface area contributed by atoms with Crippen LogP contribution in [-0.2, 0) is 0 Å². The highest BCUT2D eigenvalue weighted by atomic mass is 35.5. The topological polar surface area (TPSA) is 71.9 Å². The Bertz CT molecular complexity index is 1380. The molecule has 1 heterocycles. The molecule has 0 atom stereocenters. The van der Waals surface area contributed by atoms with Crippen molar-refractivity contribution < 1.29 is 9.90 Å². The van der Waals surface area contributed by atoms with Gasteiger partial charge in [0.25, 0.3) is 5.91 Å². The van der Waals surface area contributed by atoms with Crippen LogP contribution in [0.25, 0.3) is 10.9 Å². The molecule has 0 fully saturated rings. The molecule has 1 amide bonds. The fraction of sp³-hybridized carbons (Fsp3) is 0.241. The summed E-state index contributed by atoms with van der Waals surface area (Å²) in [5, 5.41) is 12.2. The molecular formula is C29H31ClN4O2. The van der Waals surface area contributed by atoms with E-state index in [9.17, 15) is 9.90 Å². The van der Waals surface area contributed by atoms with Gasteiger partial charge in [-0.2, -0.15) is 0 Å². The zero-order chi connectivity index (χ0) is 25.7. The summed E-state index contributed by atoms with van der Waals surface area (Å²) in [6, 6.07) is 22.5. The van der Waals surface area contributed by atoms with Crippen molar-refractivity contribution >= 4 is 39.8 Å². The highest BCUT2D eigenvalue weighted by Crippen LogP contribution is 2.33. The number of fused-ring (bicyclic) bond motifs is 1. The molecule has 1 aromatic heterocycles. The van der Waals surface area contributed by atoms with Gasteiger partial charge in [-0.3, -0.25) is 4.79 Å². The molecule has 2 N–H and O–H groups in total. The van der Waals surface area contributed by atoms with E-state index in [1.807, 2.05) is 86.6 Å². The fourth-order valence-corrected chi connectivity index (χ4v) is 4.43. The van der Waals surface area contributed by atoms with Crippen LogP contribution in [-0.4, -0.2) is 65.2 Å². The molecule has 36 heavy (non-hydrogen) atoms. The van der Waals surface area contributed by atoms with Crippen LogP contribution in [0, 0.1) is 0 Å². The van der Waals surface area contributed by atoms with E-state index in [4.69, 9.17) is 16.6 Å². The number of H-pyrrole nitrogens is 1. The Labute approximate surface area is 216 Å². The Balaban J connectivity index is 1.74. The number of aliphatic imine (C=N–C) groups is 1. The van der Waals surface area contributed by atoms with Crippen LogP contribution in [0.2, 0.25) is 5.02 Å². The number of aromatic amines is 1. The lowest BCUT2D eigenvalue weighted by Crippen LogP contribution is -2.33. The first-order valence-electron chi connectivity index (χ1n) is 12.1. The van der Waals surface area contributed by atoms with Gasteiger partial charge in [0.15, 0.2) is 5.88 Å². The SMILES string of the molecule is CCN(CCCN(C)C)C(=O)c1cccc(N=C(c2ccccc2)c2c(O)[nH]c3cc(Cl)ccc23)c1. The highest BCUT2D eigenvalue weighted by Gasteiger charge is 2.19. The number of nitrogens with zero attached hydrogens (tertiary/aromatic N) is 3. The van der Waals surface area contributed by atoms with Gasteiger partial charge in [0.2, 0.25) is 0 Å². The average molecular weight is 503 g/mol. The minimum absolute atomic E-state index is 0.0140. The van der Waals surface area contributed by atoms with Crippen LogP contribution in [0.5, 0.6) is 5.88 Å². The largest absolute Gasteiger partial charge is 0.494 e. The summed E-state index contributed by atoms with van der Waals surface area (Å²) in [5.41, 5.74) is 3.98. The van der Waals surface area contributed by atoms with Crippen LogP contribution in [0.1, 0.15) is 34.8 Å². The normalized spacial score (nSPS) is 11.9. The molecule has 0 saturated carbocycles. The van der Waals surface area contributed by atoms with Gasteiger partial charge >= 0.3 is 0 Å². The molecule has 0 aliphatic heterocycles. The first kappa shape index (κ1) is 25.5. The molecule has 0 radical (unpaired) electrons. The van der Waals surface area contributed by atoms with E-state index in [1.54, 1.807) is 12.1 Å². The maximum absolute atomic E-state index is 13.3. The smallest absolute Gasteiger partial charge is 0.253 e. The molecule has 4 rings (SSSR count). The number of halogens is 1. The molecule has 3 aromatic carbocycles. The third kappa shape index (κ3) is 5.78. The van der Waals surface area contributed by atoms with Crippen molar-refractivity contribution in [3.05, 3.63) is 94.5 Å². The summed E-state index contributed by atoms with van der Waals surface area (Å²) in [6.45, 7) is 4.26. The standard InChI is InChI=1S/C29H31ClN4O2/c1-4-34(17-9-16-33(2)3)29(36)21-12-8-13-23(18-21)31-27(20-10-6-5-7-11-20)26-24-15-14-22(30)19-25(24)32-28(26)35/h5-8,10-15,18-19,32,35H,4,9,16-17H2,1-3H3. The number of hydrogen-bond acceptors (Lipinski definition) is 4. The van der Waals surface area contributed by atoms with Crippen LogP contribution in [0.3, 0.4) is 0 Å². The predicted molar refractivity (Wildman–Crippen MR) is 148 cm³/mol. The van der Waals surface area contributed by atoms with Crippen LogP contribution in [0.4, 0.5) is 5.69 Å². The number of rotatable bonds is 9. The van der Waals surface area contributed by atoms with Gasteiger partial charge in [0, 0.05) is 34.6 Å². The second-order valence-electron chi connectivity index (χ2n) is 8.96. The van der Waals surface area contributed by atoms with Gasteiger partial charge < -0.3 is 19.9 Å². The van der Waals surface area contributed by atoms with Gasteiger partial charge in [-0.25, -0.2) is 4.99 Å². The van der Waals surface area contributed by atoms with Gasteiger partial charge in [0.1, 0.15) is 0 Å². The van der Waals surface area contributed by atoms with Crippen molar-refractivity contribution in [1.29, 1.82) is 0 Å². The van der Waals surface area contributed by atoms with Crippen molar-refractivity contribution in [3.8, 4) is 5.88 Å². The molecule has 0 saturated heterocycles. The van der Waals surface area contributed by atoms with Gasteiger partial charge in [-0.1, -0.05) is 54.1 Å². The quantitative estimate of drug-likeness (QED) is 0.271. The second kappa shape index (κ2) is 11.4. The lowest BCUT2D eigenvalue weighted by Gasteiger charge is -2.22. The molecular weight excluding hydrogens is 472 g/mol. The van der Waals surface area contributed by atoms with E-state index in [0.29, 0.717) is 40.6 Å². The summed E-state index contributed by atoms with van der Waals surface area (Å²) < 4.78 is 0. The van der Waals surface area contributed by atoms with Gasteiger partial charge in [-0.15, -0.1) is 0 Å². The number of amides is 1. The van der Waals surface area contributed by atoms with Crippen LogP contribution < -0.4 is 0 Å². The fourth-order valence-electron chi connectivity index (χ4n) is 4.26. The van der Waals surface area contributed by atoms with E-state index in [1.165, 1.54) is 0 Å². The maximum atomic E-state index is 13.3. The Morgan fingerprint density at radius 2 is 1.72 bits per heavy atom. The third-order valence-electron chi connectivity index (χ3n) is 6.06. The number of hydrogen-bond donors (Lipinski definition) is 2. The first-order valence-corrected chi connectivity index (χ1v) is 12.4. The summed E-state index contributed by atoms with van der Waals surface area (Å²) in [6.07, 6.45) is 0.909. The number of nitrogens with one attached hydrogen (secondary N) is 1. The summed E-state index contributed by atoms with van der Waals surface area (Å²) >= 11 is 6.17. The number of aromatic hydroxyl groups is 1. The van der Waals surface area contributed by atoms with Crippen molar-refractivity contribution in [3.63, 3.8) is 0 Å². The van der Waals surface area contributed by atoms with E-state index in [-0.39, 0.29) is 11.8 Å². The Kier molecular flexibility index (Phi) is 8.08. The van der Waals surface area contributed by atoms with Crippen molar-refractivity contribution in [1.82, 2.24) is 14.8 Å². The number of benzene rings is 3. The molecule has 0 bridgehead atoms. The lowest BCUT2D eigenvalue weighted by atomic mass is 10.0.